The van der Waals surface area contributed by atoms with Crippen molar-refractivity contribution in [2.45, 2.75) is 20.4 Å². The third-order valence-corrected chi connectivity index (χ3v) is 2.31. The Hall–Kier alpha value is -1.61. The highest BCUT2D eigenvalue weighted by Gasteiger charge is 1.92. The minimum Gasteiger partial charge on any atom is -0.353 e. The molecule has 3 nitrogen and oxygen atoms in total. The van der Waals surface area contributed by atoms with Crippen LogP contribution in [-0.4, -0.2) is 19.0 Å². The highest BCUT2D eigenvalue weighted by Crippen LogP contribution is 2.06. The van der Waals surface area contributed by atoms with E-state index in [1.165, 1.54) is 12.5 Å². The standard InChI is InChI=1S/C14H20N2O/c1-3-15-11-14-7-4-6-13(10-14)8-5-9-16-12(2)17/h4-8,10,15H,3,9,11H2,1-2H3,(H,16,17). The summed E-state index contributed by atoms with van der Waals surface area (Å²) in [6, 6.07) is 8.35. The lowest BCUT2D eigenvalue weighted by Crippen LogP contribution is -2.19. The van der Waals surface area contributed by atoms with Crippen molar-refractivity contribution in [2.24, 2.45) is 0 Å². The highest BCUT2D eigenvalue weighted by atomic mass is 16.1. The molecule has 0 heterocycles. The van der Waals surface area contributed by atoms with Crippen molar-refractivity contribution in [1.82, 2.24) is 10.6 Å². The Morgan fingerprint density at radius 3 is 2.94 bits per heavy atom. The molecular formula is C14H20N2O. The number of hydrogen-bond donors (Lipinski definition) is 2. The van der Waals surface area contributed by atoms with Crippen LogP contribution in [0, 0.1) is 0 Å². The average Bonchev–Trinajstić information content (AvgIpc) is 2.32. The second-order valence-corrected chi connectivity index (χ2v) is 3.86. The Kier molecular flexibility index (Phi) is 6.04. The van der Waals surface area contributed by atoms with Crippen LogP contribution in [0.5, 0.6) is 0 Å². The van der Waals surface area contributed by atoms with Crippen LogP contribution < -0.4 is 10.6 Å². The largest absolute Gasteiger partial charge is 0.353 e. The van der Waals surface area contributed by atoms with Crippen molar-refractivity contribution < 1.29 is 4.79 Å². The molecule has 2 N–H and O–H groups in total. The zero-order chi connectivity index (χ0) is 12.5. The van der Waals surface area contributed by atoms with Crippen molar-refractivity contribution in [1.29, 1.82) is 0 Å². The summed E-state index contributed by atoms with van der Waals surface area (Å²) in [5, 5.41) is 6.02. The monoisotopic (exact) mass is 232 g/mol. The van der Waals surface area contributed by atoms with Gasteiger partial charge in [-0.1, -0.05) is 43.3 Å². The first-order chi connectivity index (χ1) is 8.22. The Balaban J connectivity index is 2.50. The van der Waals surface area contributed by atoms with Gasteiger partial charge in [0.1, 0.15) is 0 Å². The first-order valence-corrected chi connectivity index (χ1v) is 5.93. The molecule has 0 spiro atoms. The van der Waals surface area contributed by atoms with E-state index < -0.39 is 0 Å². The SMILES string of the molecule is CCNCc1cccc(C=CCNC(C)=O)c1. The molecule has 0 aliphatic carbocycles. The second-order valence-electron chi connectivity index (χ2n) is 3.86. The van der Waals surface area contributed by atoms with Gasteiger partial charge < -0.3 is 10.6 Å². The first-order valence-electron chi connectivity index (χ1n) is 5.93. The average molecular weight is 232 g/mol. The number of benzene rings is 1. The maximum Gasteiger partial charge on any atom is 0.217 e. The zero-order valence-electron chi connectivity index (χ0n) is 10.5. The molecule has 0 aromatic heterocycles. The Morgan fingerprint density at radius 2 is 2.24 bits per heavy atom. The van der Waals surface area contributed by atoms with Crippen LogP contribution in [0.15, 0.2) is 30.3 Å². The summed E-state index contributed by atoms with van der Waals surface area (Å²) in [5.74, 6) is -0.00412. The predicted molar refractivity (Wildman–Crippen MR) is 71.5 cm³/mol. The third-order valence-electron chi connectivity index (χ3n) is 2.31. The molecule has 0 aliphatic heterocycles. The van der Waals surface area contributed by atoms with Crippen LogP contribution in [0.4, 0.5) is 0 Å². The predicted octanol–water partition coefficient (Wildman–Crippen LogP) is 1.95. The highest BCUT2D eigenvalue weighted by molar-refractivity contribution is 5.73. The van der Waals surface area contributed by atoms with Crippen molar-refractivity contribution in [2.75, 3.05) is 13.1 Å². The molecule has 0 atom stereocenters. The lowest BCUT2D eigenvalue weighted by molar-refractivity contribution is -0.118. The number of carbonyl (C=O) groups excluding carboxylic acids is 1. The molecule has 0 unspecified atom stereocenters. The van der Waals surface area contributed by atoms with Crippen LogP contribution in [0.1, 0.15) is 25.0 Å². The van der Waals surface area contributed by atoms with Gasteiger partial charge in [0.2, 0.25) is 5.91 Å². The third kappa shape index (κ3) is 5.88. The molecule has 0 saturated heterocycles. The van der Waals surface area contributed by atoms with Gasteiger partial charge in [0, 0.05) is 20.0 Å². The topological polar surface area (TPSA) is 41.1 Å². The van der Waals surface area contributed by atoms with Gasteiger partial charge in [0.05, 0.1) is 0 Å². The Labute approximate surface area is 103 Å². The van der Waals surface area contributed by atoms with Crippen LogP contribution in [0.3, 0.4) is 0 Å². The number of hydrogen-bond acceptors (Lipinski definition) is 2. The number of nitrogens with one attached hydrogen (secondary N) is 2. The van der Waals surface area contributed by atoms with Gasteiger partial charge in [-0.2, -0.15) is 0 Å². The summed E-state index contributed by atoms with van der Waals surface area (Å²) in [4.78, 5) is 10.7. The molecule has 0 bridgehead atoms. The molecule has 0 saturated carbocycles. The van der Waals surface area contributed by atoms with Gasteiger partial charge in [-0.15, -0.1) is 0 Å². The molecule has 1 aromatic rings. The van der Waals surface area contributed by atoms with Gasteiger partial charge in [0.25, 0.3) is 0 Å². The van der Waals surface area contributed by atoms with E-state index in [2.05, 4.69) is 35.8 Å². The zero-order valence-corrected chi connectivity index (χ0v) is 10.5. The van der Waals surface area contributed by atoms with Crippen molar-refractivity contribution in [3.63, 3.8) is 0 Å². The number of carbonyl (C=O) groups is 1. The van der Waals surface area contributed by atoms with Gasteiger partial charge in [0.15, 0.2) is 0 Å². The van der Waals surface area contributed by atoms with E-state index in [9.17, 15) is 4.79 Å². The van der Waals surface area contributed by atoms with Crippen molar-refractivity contribution in [3.05, 3.63) is 41.5 Å². The molecule has 0 fully saturated rings. The van der Waals surface area contributed by atoms with E-state index >= 15 is 0 Å². The van der Waals surface area contributed by atoms with Crippen molar-refractivity contribution >= 4 is 12.0 Å². The van der Waals surface area contributed by atoms with Crippen molar-refractivity contribution in [3.8, 4) is 0 Å². The smallest absolute Gasteiger partial charge is 0.217 e. The minimum absolute atomic E-state index is 0.00412. The van der Waals surface area contributed by atoms with E-state index in [0.29, 0.717) is 6.54 Å². The quantitative estimate of drug-likeness (QED) is 0.787. The molecule has 0 radical (unpaired) electrons. The fraction of sp³-hybridized carbons (Fsp3) is 0.357. The van der Waals surface area contributed by atoms with E-state index in [1.54, 1.807) is 0 Å². The van der Waals surface area contributed by atoms with Gasteiger partial charge in [-0.05, 0) is 17.7 Å². The summed E-state index contributed by atoms with van der Waals surface area (Å²) >= 11 is 0. The fourth-order valence-corrected chi connectivity index (χ4v) is 1.47. The van der Waals surface area contributed by atoms with E-state index in [-0.39, 0.29) is 5.91 Å². The van der Waals surface area contributed by atoms with E-state index in [1.807, 2.05) is 18.2 Å². The van der Waals surface area contributed by atoms with E-state index in [0.717, 1.165) is 18.7 Å². The summed E-state index contributed by atoms with van der Waals surface area (Å²) in [6.45, 7) is 6.06. The lowest BCUT2D eigenvalue weighted by Gasteiger charge is -2.03. The molecule has 1 rings (SSSR count). The fourth-order valence-electron chi connectivity index (χ4n) is 1.47. The first kappa shape index (κ1) is 13.5. The summed E-state index contributed by atoms with van der Waals surface area (Å²) in [6.07, 6.45) is 3.97. The Morgan fingerprint density at radius 1 is 1.41 bits per heavy atom. The molecular weight excluding hydrogens is 212 g/mol. The molecule has 3 heteroatoms. The maximum absolute atomic E-state index is 10.7. The van der Waals surface area contributed by atoms with Gasteiger partial charge in [-0.3, -0.25) is 4.79 Å². The maximum atomic E-state index is 10.7. The minimum atomic E-state index is -0.00412. The molecule has 1 amide bonds. The molecule has 92 valence electrons. The van der Waals surface area contributed by atoms with Crippen LogP contribution in [0.25, 0.3) is 6.08 Å². The normalized spacial score (nSPS) is 10.7. The van der Waals surface area contributed by atoms with E-state index in [4.69, 9.17) is 0 Å². The van der Waals surface area contributed by atoms with Gasteiger partial charge >= 0.3 is 0 Å². The second kappa shape index (κ2) is 7.63. The van der Waals surface area contributed by atoms with Crippen LogP contribution in [0.2, 0.25) is 0 Å². The summed E-state index contributed by atoms with van der Waals surface area (Å²) in [5.41, 5.74) is 2.43. The number of rotatable bonds is 6. The molecule has 1 aromatic carbocycles. The lowest BCUT2D eigenvalue weighted by atomic mass is 10.1. The molecule has 0 aliphatic rings. The van der Waals surface area contributed by atoms with Gasteiger partial charge in [-0.25, -0.2) is 0 Å². The van der Waals surface area contributed by atoms with Crippen LogP contribution >= 0.6 is 0 Å². The number of amides is 1. The molecule has 17 heavy (non-hydrogen) atoms. The summed E-state index contributed by atoms with van der Waals surface area (Å²) in [7, 11) is 0. The Bertz CT molecular complexity index is 386. The summed E-state index contributed by atoms with van der Waals surface area (Å²) < 4.78 is 0. The van der Waals surface area contributed by atoms with Crippen LogP contribution in [-0.2, 0) is 11.3 Å².